The first kappa shape index (κ1) is 35.5. The molecule has 0 saturated carbocycles. The number of carbonyl (C=O) groups is 2. The third-order valence-corrected chi connectivity index (χ3v) is 7.26. The topological polar surface area (TPSA) is 112 Å². The maximum Gasteiger partial charge on any atom is 0.306 e. The maximum absolute atomic E-state index is 12.1. The molecule has 8 nitrogen and oxygen atoms in total. The molecule has 236 valence electrons. The van der Waals surface area contributed by atoms with Gasteiger partial charge < -0.3 is 29.2 Å². The largest absolute Gasteiger partial charge is 0.507 e. The zero-order chi connectivity index (χ0) is 31.5. The molecule has 0 bridgehead atoms. The minimum Gasteiger partial charge on any atom is -0.507 e. The fourth-order valence-electron chi connectivity index (χ4n) is 4.82. The normalized spacial score (nSPS) is 17.5. The van der Waals surface area contributed by atoms with Gasteiger partial charge in [0.1, 0.15) is 19.0 Å². The van der Waals surface area contributed by atoms with Gasteiger partial charge in [-0.05, 0) is 52.9 Å². The first-order chi connectivity index (χ1) is 19.6. The number of benzene rings is 1. The second-order valence-corrected chi connectivity index (χ2v) is 13.1. The summed E-state index contributed by atoms with van der Waals surface area (Å²) in [6.45, 7) is 17.8. The van der Waals surface area contributed by atoms with Crippen LogP contribution in [-0.4, -0.2) is 67.9 Å². The van der Waals surface area contributed by atoms with Crippen LogP contribution in [0.15, 0.2) is 35.4 Å². The predicted octanol–water partition coefficient (Wildman–Crippen LogP) is 5.74. The summed E-state index contributed by atoms with van der Waals surface area (Å²) in [5.41, 5.74) is 4.39. The molecule has 0 aromatic heterocycles. The van der Waals surface area contributed by atoms with Gasteiger partial charge in [-0.2, -0.15) is 0 Å². The molecular weight excluding hydrogens is 536 g/mol. The number of carbonyl (C=O) groups excluding carboxylic acids is 2. The number of allylic oxidation sites excluding steroid dienone is 2. The molecule has 42 heavy (non-hydrogen) atoms. The average molecular weight is 589 g/mol. The van der Waals surface area contributed by atoms with Crippen molar-refractivity contribution in [1.29, 1.82) is 0 Å². The Morgan fingerprint density at radius 2 is 1.33 bits per heavy atom. The van der Waals surface area contributed by atoms with Crippen molar-refractivity contribution in [3.63, 3.8) is 0 Å². The Bertz CT molecular complexity index is 1100. The quantitative estimate of drug-likeness (QED) is 0.197. The predicted molar refractivity (Wildman–Crippen MR) is 163 cm³/mol. The van der Waals surface area contributed by atoms with E-state index in [4.69, 9.17) is 18.9 Å². The Morgan fingerprint density at radius 1 is 0.810 bits per heavy atom. The highest BCUT2D eigenvalue weighted by molar-refractivity contribution is 5.70. The molecule has 1 aliphatic rings. The van der Waals surface area contributed by atoms with Gasteiger partial charge in [0.2, 0.25) is 0 Å². The maximum atomic E-state index is 12.1. The lowest BCUT2D eigenvalue weighted by Gasteiger charge is -2.33. The van der Waals surface area contributed by atoms with Crippen LogP contribution in [0.1, 0.15) is 84.4 Å². The van der Waals surface area contributed by atoms with E-state index in [0.717, 1.165) is 27.8 Å². The lowest BCUT2D eigenvalue weighted by atomic mass is 9.75. The van der Waals surface area contributed by atoms with E-state index in [1.807, 2.05) is 58.9 Å². The van der Waals surface area contributed by atoms with Gasteiger partial charge in [0.25, 0.3) is 0 Å². The van der Waals surface area contributed by atoms with E-state index in [1.165, 1.54) is 0 Å². The summed E-state index contributed by atoms with van der Waals surface area (Å²) < 4.78 is 21.4. The van der Waals surface area contributed by atoms with Gasteiger partial charge in [0, 0.05) is 18.8 Å². The van der Waals surface area contributed by atoms with E-state index in [2.05, 4.69) is 20.8 Å². The van der Waals surface area contributed by atoms with Crippen molar-refractivity contribution in [3.05, 3.63) is 52.1 Å². The summed E-state index contributed by atoms with van der Waals surface area (Å²) >= 11 is 0. The molecule has 2 N–H and O–H groups in total. The number of aliphatic hydroxyl groups excluding tert-OH is 1. The van der Waals surface area contributed by atoms with Crippen LogP contribution >= 0.6 is 0 Å². The zero-order valence-electron chi connectivity index (χ0n) is 26.9. The number of aryl methyl sites for hydroxylation is 2. The minimum absolute atomic E-state index is 0.0148. The lowest BCUT2D eigenvalue weighted by molar-refractivity contribution is -0.146. The molecule has 1 aromatic carbocycles. The lowest BCUT2D eigenvalue weighted by Crippen LogP contribution is -2.29. The fourth-order valence-corrected chi connectivity index (χ4v) is 4.82. The van der Waals surface area contributed by atoms with Crippen molar-refractivity contribution in [1.82, 2.24) is 0 Å². The van der Waals surface area contributed by atoms with E-state index in [1.54, 1.807) is 0 Å². The van der Waals surface area contributed by atoms with Gasteiger partial charge >= 0.3 is 11.9 Å². The molecule has 1 aromatic rings. The van der Waals surface area contributed by atoms with Crippen LogP contribution in [0.5, 0.6) is 5.75 Å². The monoisotopic (exact) mass is 588 g/mol. The summed E-state index contributed by atoms with van der Waals surface area (Å²) in [5.74, 6) is -0.250. The second kappa shape index (κ2) is 16.2. The van der Waals surface area contributed by atoms with Crippen molar-refractivity contribution in [2.75, 3.05) is 39.6 Å². The summed E-state index contributed by atoms with van der Waals surface area (Å²) in [4.78, 5) is 24.3. The zero-order valence-corrected chi connectivity index (χ0v) is 26.9. The molecule has 0 heterocycles. The molecule has 0 spiro atoms. The number of ether oxygens (including phenoxy) is 4. The minimum atomic E-state index is -0.494. The summed E-state index contributed by atoms with van der Waals surface area (Å²) in [7, 11) is 0. The highest BCUT2D eigenvalue weighted by atomic mass is 16.6. The number of aliphatic hydroxyl groups is 1. The number of aromatic hydroxyl groups is 1. The fraction of sp³-hybridized carbons (Fsp3) is 0.647. The van der Waals surface area contributed by atoms with E-state index in [-0.39, 0.29) is 68.0 Å². The SMILES string of the molecule is Cc1cc(CCC(=O)OCCOCCOCCOC(=O)CCC2=CC(C)C(O)C(C(C)(C)C)=C2)cc(C(C)(C)C)c1O. The molecule has 0 saturated heterocycles. The van der Waals surface area contributed by atoms with Crippen LogP contribution in [0.3, 0.4) is 0 Å². The van der Waals surface area contributed by atoms with Crippen LogP contribution in [0.2, 0.25) is 0 Å². The van der Waals surface area contributed by atoms with E-state index < -0.39 is 6.10 Å². The number of phenolic OH excluding ortho intramolecular Hbond substituents is 1. The van der Waals surface area contributed by atoms with E-state index in [0.29, 0.717) is 31.8 Å². The Morgan fingerprint density at radius 3 is 1.86 bits per heavy atom. The standard InChI is InChI=1S/C34H52O8/c1-23-19-25(21-27(31(23)37)33(3,4)5)9-11-29(35)41-17-15-39-13-14-40-16-18-42-30(36)12-10-26-20-24(2)32(38)28(22-26)34(6,7)8/h19-23,31,37-38H,9-18H2,1-8H3. The molecule has 1 aliphatic carbocycles. The van der Waals surface area contributed by atoms with Gasteiger partial charge in [0.05, 0.1) is 32.5 Å². The Balaban J connectivity index is 1.52. The van der Waals surface area contributed by atoms with Gasteiger partial charge in [-0.1, -0.05) is 78.3 Å². The molecule has 8 heteroatoms. The van der Waals surface area contributed by atoms with Crippen molar-refractivity contribution in [2.45, 2.75) is 92.6 Å². The molecule has 0 fully saturated rings. The van der Waals surface area contributed by atoms with E-state index in [9.17, 15) is 19.8 Å². The Labute approximate surface area is 252 Å². The number of hydrogen-bond acceptors (Lipinski definition) is 8. The average Bonchev–Trinajstić information content (AvgIpc) is 2.89. The Hall–Kier alpha value is -2.68. The van der Waals surface area contributed by atoms with Crippen LogP contribution in [-0.2, 0) is 40.4 Å². The van der Waals surface area contributed by atoms with Crippen molar-refractivity contribution < 1.29 is 38.7 Å². The van der Waals surface area contributed by atoms with Crippen LogP contribution in [0, 0.1) is 18.3 Å². The molecule has 2 atom stereocenters. The first-order valence-corrected chi connectivity index (χ1v) is 15.0. The van der Waals surface area contributed by atoms with Crippen molar-refractivity contribution in [2.24, 2.45) is 11.3 Å². The van der Waals surface area contributed by atoms with Crippen LogP contribution < -0.4 is 0 Å². The number of phenols is 1. The molecule has 0 amide bonds. The van der Waals surface area contributed by atoms with Crippen LogP contribution in [0.25, 0.3) is 0 Å². The summed E-state index contributed by atoms with van der Waals surface area (Å²) in [6.07, 6.45) is 5.19. The highest BCUT2D eigenvalue weighted by Gasteiger charge is 2.30. The molecular formula is C34H52O8. The van der Waals surface area contributed by atoms with Crippen molar-refractivity contribution >= 4 is 11.9 Å². The van der Waals surface area contributed by atoms with E-state index >= 15 is 0 Å². The second-order valence-electron chi connectivity index (χ2n) is 13.1. The summed E-state index contributed by atoms with van der Waals surface area (Å²) in [6, 6.07) is 3.87. The summed E-state index contributed by atoms with van der Waals surface area (Å²) in [5, 5.41) is 20.8. The molecule has 2 rings (SSSR count). The highest BCUT2D eigenvalue weighted by Crippen LogP contribution is 2.37. The molecule has 2 unspecified atom stereocenters. The first-order valence-electron chi connectivity index (χ1n) is 15.0. The van der Waals surface area contributed by atoms with Gasteiger partial charge in [-0.25, -0.2) is 0 Å². The third-order valence-electron chi connectivity index (χ3n) is 7.26. The Kier molecular flexibility index (Phi) is 13.7. The van der Waals surface area contributed by atoms with Crippen LogP contribution in [0.4, 0.5) is 0 Å². The van der Waals surface area contributed by atoms with Gasteiger partial charge in [-0.15, -0.1) is 0 Å². The molecule has 0 aliphatic heterocycles. The number of hydrogen-bond donors (Lipinski definition) is 2. The smallest absolute Gasteiger partial charge is 0.306 e. The van der Waals surface area contributed by atoms with Gasteiger partial charge in [-0.3, -0.25) is 9.59 Å². The number of esters is 2. The third kappa shape index (κ3) is 11.9. The molecule has 0 radical (unpaired) electrons. The van der Waals surface area contributed by atoms with Crippen molar-refractivity contribution in [3.8, 4) is 5.75 Å². The number of rotatable bonds is 15. The van der Waals surface area contributed by atoms with Gasteiger partial charge in [0.15, 0.2) is 0 Å².